The van der Waals surface area contributed by atoms with Gasteiger partial charge in [0.05, 0.1) is 4.47 Å². The predicted octanol–water partition coefficient (Wildman–Crippen LogP) is 2.90. The van der Waals surface area contributed by atoms with E-state index in [0.717, 1.165) is 18.4 Å². The molecular weight excluding hydrogens is 283 g/mol. The Morgan fingerprint density at radius 2 is 2.12 bits per heavy atom. The van der Waals surface area contributed by atoms with Gasteiger partial charge in [0.25, 0.3) is 0 Å². The maximum atomic E-state index is 13.2. The van der Waals surface area contributed by atoms with Crippen LogP contribution in [-0.4, -0.2) is 12.6 Å². The van der Waals surface area contributed by atoms with Crippen LogP contribution >= 0.6 is 15.9 Å². The number of halogens is 2. The van der Waals surface area contributed by atoms with Crippen LogP contribution in [0.1, 0.15) is 24.4 Å². The fraction of sp³-hybridized carbons (Fsp3) is 0.385. The fourth-order valence-electron chi connectivity index (χ4n) is 2.07. The molecule has 3 N–H and O–H groups in total. The molecule has 17 heavy (non-hydrogen) atoms. The molecule has 0 saturated heterocycles. The van der Waals surface area contributed by atoms with Crippen molar-refractivity contribution in [1.29, 1.82) is 0 Å². The number of benzene rings is 1. The van der Waals surface area contributed by atoms with E-state index in [1.807, 2.05) is 0 Å². The van der Waals surface area contributed by atoms with Gasteiger partial charge in [0.2, 0.25) is 0 Å². The van der Waals surface area contributed by atoms with E-state index in [1.54, 1.807) is 12.1 Å². The summed E-state index contributed by atoms with van der Waals surface area (Å²) in [6, 6.07) is 5.58. The highest BCUT2D eigenvalue weighted by atomic mass is 79.9. The zero-order chi connectivity index (χ0) is 12.3. The molecule has 0 radical (unpaired) electrons. The summed E-state index contributed by atoms with van der Waals surface area (Å²) in [5.74, 6) is -0.243. The van der Waals surface area contributed by atoms with Crippen LogP contribution in [0.25, 0.3) is 0 Å². The lowest BCUT2D eigenvalue weighted by atomic mass is 10.1. The van der Waals surface area contributed by atoms with Gasteiger partial charge in [0, 0.05) is 18.6 Å². The largest absolute Gasteiger partial charge is 0.329 e. The minimum absolute atomic E-state index is 0.0804. The molecule has 1 atom stereocenters. The molecule has 2 nitrogen and oxygen atoms in total. The van der Waals surface area contributed by atoms with E-state index in [4.69, 9.17) is 5.73 Å². The van der Waals surface area contributed by atoms with Crippen molar-refractivity contribution >= 4 is 15.9 Å². The molecule has 0 aromatic heterocycles. The average Bonchev–Trinajstić information content (AvgIpc) is 2.82. The van der Waals surface area contributed by atoms with Gasteiger partial charge in [-0.2, -0.15) is 0 Å². The maximum absolute atomic E-state index is 13.2. The smallest absolute Gasteiger partial charge is 0.137 e. The van der Waals surface area contributed by atoms with Crippen molar-refractivity contribution in [2.45, 2.75) is 24.9 Å². The number of rotatable bonds is 4. The van der Waals surface area contributed by atoms with Crippen molar-refractivity contribution in [3.05, 3.63) is 46.2 Å². The Bertz CT molecular complexity index is 412. The third-order valence-corrected chi connectivity index (χ3v) is 3.63. The second-order valence-electron chi connectivity index (χ2n) is 4.27. The number of nitrogens with one attached hydrogen (secondary N) is 1. The minimum atomic E-state index is -0.243. The molecule has 92 valence electrons. The lowest BCUT2D eigenvalue weighted by molar-refractivity contribution is 0.452. The Labute approximate surface area is 109 Å². The third kappa shape index (κ3) is 3.15. The summed E-state index contributed by atoms with van der Waals surface area (Å²) in [6.07, 6.45) is 6.43. The van der Waals surface area contributed by atoms with Crippen molar-refractivity contribution in [2.75, 3.05) is 6.54 Å². The second-order valence-corrected chi connectivity index (χ2v) is 5.12. The van der Waals surface area contributed by atoms with Crippen molar-refractivity contribution < 1.29 is 4.39 Å². The Morgan fingerprint density at radius 3 is 2.71 bits per heavy atom. The Balaban J connectivity index is 2.08. The first-order valence-corrected chi connectivity index (χ1v) is 6.56. The average molecular weight is 299 g/mol. The van der Waals surface area contributed by atoms with E-state index < -0.39 is 0 Å². The standard InChI is InChI=1S/C13H16BrFN2/c14-11-7-9(5-6-12(11)15)13(8-16)17-10-3-1-2-4-10/h1-2,5-7,10,13,17H,3-4,8,16H2. The van der Waals surface area contributed by atoms with Gasteiger partial charge >= 0.3 is 0 Å². The zero-order valence-electron chi connectivity index (χ0n) is 9.50. The molecule has 0 amide bonds. The summed E-state index contributed by atoms with van der Waals surface area (Å²) in [5, 5.41) is 3.50. The summed E-state index contributed by atoms with van der Waals surface area (Å²) in [7, 11) is 0. The van der Waals surface area contributed by atoms with E-state index in [2.05, 4.69) is 33.4 Å². The summed E-state index contributed by atoms with van der Waals surface area (Å²) in [4.78, 5) is 0. The molecule has 0 fully saturated rings. The monoisotopic (exact) mass is 298 g/mol. The van der Waals surface area contributed by atoms with Crippen LogP contribution in [-0.2, 0) is 0 Å². The normalized spacial score (nSPS) is 17.6. The molecule has 1 aromatic carbocycles. The highest BCUT2D eigenvalue weighted by molar-refractivity contribution is 9.10. The lowest BCUT2D eigenvalue weighted by Crippen LogP contribution is -2.35. The minimum Gasteiger partial charge on any atom is -0.329 e. The number of hydrogen-bond donors (Lipinski definition) is 2. The first-order chi connectivity index (χ1) is 8.20. The predicted molar refractivity (Wildman–Crippen MR) is 71.2 cm³/mol. The number of nitrogens with two attached hydrogens (primary N) is 1. The molecule has 0 bridgehead atoms. The molecule has 1 aliphatic rings. The van der Waals surface area contributed by atoms with Crippen LogP contribution < -0.4 is 11.1 Å². The van der Waals surface area contributed by atoms with Crippen molar-refractivity contribution in [1.82, 2.24) is 5.32 Å². The third-order valence-electron chi connectivity index (χ3n) is 3.03. The van der Waals surface area contributed by atoms with Crippen LogP contribution in [0, 0.1) is 5.82 Å². The van der Waals surface area contributed by atoms with Crippen LogP contribution in [0.2, 0.25) is 0 Å². The lowest BCUT2D eigenvalue weighted by Gasteiger charge is -2.22. The molecule has 0 saturated carbocycles. The Morgan fingerprint density at radius 1 is 1.41 bits per heavy atom. The maximum Gasteiger partial charge on any atom is 0.137 e. The Kier molecular flexibility index (Phi) is 4.31. The van der Waals surface area contributed by atoms with Crippen LogP contribution in [0.3, 0.4) is 0 Å². The van der Waals surface area contributed by atoms with Gasteiger partial charge in [-0.1, -0.05) is 18.2 Å². The molecule has 0 spiro atoms. The van der Waals surface area contributed by atoms with Gasteiger partial charge in [-0.05, 0) is 46.5 Å². The first-order valence-electron chi connectivity index (χ1n) is 5.76. The SMILES string of the molecule is NCC(NC1CC=CC1)c1ccc(F)c(Br)c1. The topological polar surface area (TPSA) is 38.0 Å². The van der Waals surface area contributed by atoms with Gasteiger partial charge in [-0.15, -0.1) is 0 Å². The van der Waals surface area contributed by atoms with E-state index in [0.29, 0.717) is 17.1 Å². The molecule has 1 unspecified atom stereocenters. The fourth-order valence-corrected chi connectivity index (χ4v) is 2.46. The highest BCUT2D eigenvalue weighted by Gasteiger charge is 2.17. The molecule has 2 rings (SSSR count). The van der Waals surface area contributed by atoms with Crippen LogP contribution in [0.4, 0.5) is 4.39 Å². The van der Waals surface area contributed by atoms with Gasteiger partial charge in [-0.3, -0.25) is 0 Å². The van der Waals surface area contributed by atoms with E-state index in [-0.39, 0.29) is 11.9 Å². The summed E-state index contributed by atoms with van der Waals surface area (Å²) in [5.41, 5.74) is 6.80. The van der Waals surface area contributed by atoms with Gasteiger partial charge < -0.3 is 11.1 Å². The van der Waals surface area contributed by atoms with E-state index in [9.17, 15) is 4.39 Å². The molecule has 0 heterocycles. The van der Waals surface area contributed by atoms with E-state index in [1.165, 1.54) is 6.07 Å². The molecule has 0 aliphatic heterocycles. The molecule has 1 aromatic rings. The van der Waals surface area contributed by atoms with Crippen molar-refractivity contribution in [3.63, 3.8) is 0 Å². The second kappa shape index (κ2) is 5.76. The summed E-state index contributed by atoms with van der Waals surface area (Å²) >= 11 is 3.20. The van der Waals surface area contributed by atoms with Gasteiger partial charge in [-0.25, -0.2) is 4.39 Å². The summed E-state index contributed by atoms with van der Waals surface area (Å²) in [6.45, 7) is 0.509. The van der Waals surface area contributed by atoms with Crippen LogP contribution in [0.5, 0.6) is 0 Å². The molecule has 1 aliphatic carbocycles. The summed E-state index contributed by atoms with van der Waals surface area (Å²) < 4.78 is 13.6. The van der Waals surface area contributed by atoms with Gasteiger partial charge in [0.15, 0.2) is 0 Å². The quantitative estimate of drug-likeness (QED) is 0.839. The van der Waals surface area contributed by atoms with Gasteiger partial charge in [0.1, 0.15) is 5.82 Å². The van der Waals surface area contributed by atoms with E-state index >= 15 is 0 Å². The highest BCUT2D eigenvalue weighted by Crippen LogP contribution is 2.22. The number of hydrogen-bond acceptors (Lipinski definition) is 2. The van der Waals surface area contributed by atoms with Crippen molar-refractivity contribution in [3.8, 4) is 0 Å². The van der Waals surface area contributed by atoms with Crippen molar-refractivity contribution in [2.24, 2.45) is 5.73 Å². The molecular formula is C13H16BrFN2. The van der Waals surface area contributed by atoms with Crippen LogP contribution in [0.15, 0.2) is 34.8 Å². The Hall–Kier alpha value is -0.710. The zero-order valence-corrected chi connectivity index (χ0v) is 11.1. The first kappa shape index (κ1) is 12.7. The molecule has 4 heteroatoms.